The maximum Gasteiger partial charge on any atom is 0.278 e. The van der Waals surface area contributed by atoms with Gasteiger partial charge in [-0.1, -0.05) is 32.0 Å². The number of fused-ring (bicyclic) bond motifs is 1. The van der Waals surface area contributed by atoms with Gasteiger partial charge in [0.15, 0.2) is 11.3 Å². The predicted molar refractivity (Wildman–Crippen MR) is 105 cm³/mol. The zero-order chi connectivity index (χ0) is 19.7. The Labute approximate surface area is 164 Å². The number of nitrogens with one attached hydrogen (secondary N) is 1. The summed E-state index contributed by atoms with van der Waals surface area (Å²) in [6.07, 6.45) is 1.61. The molecule has 1 N–H and O–H groups in total. The lowest BCUT2D eigenvalue weighted by Crippen LogP contribution is -2.14. The van der Waals surface area contributed by atoms with Crippen LogP contribution in [0.1, 0.15) is 41.6 Å². The number of aromatic nitrogens is 5. The number of hydrogen-bond donors (Lipinski definition) is 1. The Hall–Kier alpha value is -3.20. The van der Waals surface area contributed by atoms with Crippen molar-refractivity contribution in [3.63, 3.8) is 0 Å². The molecule has 0 fully saturated rings. The molecule has 9 heteroatoms. The number of halogens is 1. The molecule has 142 valence electrons. The normalized spacial score (nSPS) is 11.3. The van der Waals surface area contributed by atoms with Gasteiger partial charge in [-0.25, -0.2) is 19.0 Å². The third-order valence-electron chi connectivity index (χ3n) is 4.18. The predicted octanol–water partition coefficient (Wildman–Crippen LogP) is 3.85. The van der Waals surface area contributed by atoms with Crippen molar-refractivity contribution in [2.45, 2.75) is 26.3 Å². The molecule has 1 amide bonds. The van der Waals surface area contributed by atoms with Crippen LogP contribution in [-0.2, 0) is 6.54 Å². The van der Waals surface area contributed by atoms with Crippen molar-refractivity contribution in [2.24, 2.45) is 0 Å². The fourth-order valence-electron chi connectivity index (χ4n) is 2.75. The molecule has 3 heterocycles. The van der Waals surface area contributed by atoms with Gasteiger partial charge in [-0.15, -0.1) is 0 Å². The topological polar surface area (TPSA) is 85.6 Å². The highest BCUT2D eigenvalue weighted by molar-refractivity contribution is 7.09. The third-order valence-corrected chi connectivity index (χ3v) is 4.82. The van der Waals surface area contributed by atoms with Crippen LogP contribution < -0.4 is 5.32 Å². The zero-order valence-corrected chi connectivity index (χ0v) is 16.1. The summed E-state index contributed by atoms with van der Waals surface area (Å²) in [7, 11) is 0. The van der Waals surface area contributed by atoms with Crippen molar-refractivity contribution >= 4 is 33.6 Å². The first-order chi connectivity index (χ1) is 13.5. The molecule has 0 saturated carbocycles. The lowest BCUT2D eigenvalue weighted by molar-refractivity contribution is 0.102. The van der Waals surface area contributed by atoms with Gasteiger partial charge in [-0.2, -0.15) is 9.47 Å². The summed E-state index contributed by atoms with van der Waals surface area (Å²) in [6, 6.07) is 9.96. The van der Waals surface area contributed by atoms with E-state index < -0.39 is 5.91 Å². The molecule has 0 radical (unpaired) electrons. The zero-order valence-electron chi connectivity index (χ0n) is 15.3. The number of carbonyl (C=O) groups excluding carboxylic acids is 1. The third kappa shape index (κ3) is 3.48. The first-order valence-corrected chi connectivity index (χ1v) is 9.50. The lowest BCUT2D eigenvalue weighted by atomic mass is 10.2. The van der Waals surface area contributed by atoms with Gasteiger partial charge >= 0.3 is 0 Å². The summed E-state index contributed by atoms with van der Waals surface area (Å²) in [5, 5.41) is 8.14. The fraction of sp³-hybridized carbons (Fsp3) is 0.211. The fourth-order valence-corrected chi connectivity index (χ4v) is 3.46. The van der Waals surface area contributed by atoms with Crippen LogP contribution in [0.3, 0.4) is 0 Å². The summed E-state index contributed by atoms with van der Waals surface area (Å²) in [6.45, 7) is 4.14. The number of nitrogens with zero attached hydrogens (tertiary/aromatic N) is 5. The van der Waals surface area contributed by atoms with E-state index >= 15 is 0 Å². The summed E-state index contributed by atoms with van der Waals surface area (Å²) in [5.41, 5.74) is 1.19. The average Bonchev–Trinajstić information content (AvgIpc) is 3.29. The molecule has 0 aliphatic carbocycles. The number of anilines is 1. The van der Waals surface area contributed by atoms with E-state index in [0.717, 1.165) is 11.5 Å². The van der Waals surface area contributed by atoms with Crippen LogP contribution in [0, 0.1) is 5.82 Å². The number of carbonyl (C=O) groups is 1. The van der Waals surface area contributed by atoms with Crippen molar-refractivity contribution in [1.29, 1.82) is 0 Å². The molecule has 1 aromatic carbocycles. The van der Waals surface area contributed by atoms with E-state index in [1.54, 1.807) is 36.5 Å². The molecule has 4 rings (SSSR count). The summed E-state index contributed by atoms with van der Waals surface area (Å²) >= 11 is 1.12. The minimum Gasteiger partial charge on any atom is -0.295 e. The Bertz CT molecular complexity index is 1150. The minimum absolute atomic E-state index is 0.170. The monoisotopic (exact) mass is 396 g/mol. The number of hydrogen-bond acceptors (Lipinski definition) is 6. The SMILES string of the molecule is CC(C)c1nsc(NC(=O)c2nn(Cc3ccccc3F)c3ncccc23)n1. The first-order valence-electron chi connectivity index (χ1n) is 8.73. The highest BCUT2D eigenvalue weighted by Gasteiger charge is 2.20. The van der Waals surface area contributed by atoms with Crippen LogP contribution in [0.25, 0.3) is 11.0 Å². The Morgan fingerprint density at radius 3 is 2.82 bits per heavy atom. The smallest absolute Gasteiger partial charge is 0.278 e. The van der Waals surface area contributed by atoms with Crippen LogP contribution in [-0.4, -0.2) is 30.0 Å². The van der Waals surface area contributed by atoms with Gasteiger partial charge in [0.1, 0.15) is 11.6 Å². The van der Waals surface area contributed by atoms with Crippen molar-refractivity contribution in [1.82, 2.24) is 24.1 Å². The molecule has 0 atom stereocenters. The van der Waals surface area contributed by atoms with Crippen molar-refractivity contribution in [2.75, 3.05) is 5.32 Å². The highest BCUT2D eigenvalue weighted by Crippen LogP contribution is 2.21. The minimum atomic E-state index is -0.406. The maximum atomic E-state index is 14.0. The molecule has 3 aromatic heterocycles. The van der Waals surface area contributed by atoms with E-state index in [9.17, 15) is 9.18 Å². The number of benzene rings is 1. The Morgan fingerprint density at radius 1 is 1.25 bits per heavy atom. The molecule has 0 unspecified atom stereocenters. The van der Waals surface area contributed by atoms with E-state index in [1.165, 1.54) is 10.7 Å². The van der Waals surface area contributed by atoms with Gasteiger partial charge in [0, 0.05) is 29.2 Å². The van der Waals surface area contributed by atoms with E-state index in [-0.39, 0.29) is 24.0 Å². The van der Waals surface area contributed by atoms with E-state index in [4.69, 9.17) is 0 Å². The molecule has 28 heavy (non-hydrogen) atoms. The Kier molecular flexibility index (Phi) is 4.82. The Morgan fingerprint density at radius 2 is 2.07 bits per heavy atom. The highest BCUT2D eigenvalue weighted by atomic mass is 32.1. The largest absolute Gasteiger partial charge is 0.295 e. The van der Waals surface area contributed by atoms with Crippen LogP contribution >= 0.6 is 11.5 Å². The number of amides is 1. The van der Waals surface area contributed by atoms with Crippen LogP contribution in [0.15, 0.2) is 42.6 Å². The van der Waals surface area contributed by atoms with Gasteiger partial charge in [0.2, 0.25) is 5.13 Å². The van der Waals surface area contributed by atoms with Gasteiger partial charge in [0.05, 0.1) is 11.9 Å². The molecule has 0 saturated heterocycles. The summed E-state index contributed by atoms with van der Waals surface area (Å²) in [5.74, 6) is 0.115. The quantitative estimate of drug-likeness (QED) is 0.554. The Balaban J connectivity index is 1.67. The van der Waals surface area contributed by atoms with Crippen molar-refractivity contribution < 1.29 is 9.18 Å². The molecular weight excluding hydrogens is 379 g/mol. The maximum absolute atomic E-state index is 14.0. The molecular formula is C19H17FN6OS. The van der Waals surface area contributed by atoms with E-state index in [1.807, 2.05) is 13.8 Å². The molecule has 0 aliphatic rings. The average molecular weight is 396 g/mol. The second kappa shape index (κ2) is 7.43. The molecule has 7 nitrogen and oxygen atoms in total. The van der Waals surface area contributed by atoms with Crippen molar-refractivity contribution in [3.05, 3.63) is 65.5 Å². The van der Waals surface area contributed by atoms with Gasteiger partial charge < -0.3 is 0 Å². The molecule has 4 aromatic rings. The van der Waals surface area contributed by atoms with Crippen molar-refractivity contribution in [3.8, 4) is 0 Å². The van der Waals surface area contributed by atoms with E-state index in [0.29, 0.717) is 27.6 Å². The van der Waals surface area contributed by atoms with Gasteiger partial charge in [0.25, 0.3) is 5.91 Å². The summed E-state index contributed by atoms with van der Waals surface area (Å²) < 4.78 is 19.8. The van der Waals surface area contributed by atoms with Gasteiger partial charge in [-0.3, -0.25) is 10.1 Å². The lowest BCUT2D eigenvalue weighted by Gasteiger charge is -2.04. The van der Waals surface area contributed by atoms with Crippen LogP contribution in [0.2, 0.25) is 0 Å². The molecule has 0 bridgehead atoms. The standard InChI is InChI=1S/C19H17FN6OS/c1-11(2)16-22-19(28-25-16)23-18(27)15-13-7-5-9-21-17(13)26(24-15)10-12-6-3-4-8-14(12)20/h3-9,11H,10H2,1-2H3,(H,22,23,25,27). The molecule has 0 spiro atoms. The second-order valence-corrected chi connectivity index (χ2v) is 7.29. The van der Waals surface area contributed by atoms with Crippen LogP contribution in [0.5, 0.6) is 0 Å². The first kappa shape index (κ1) is 18.2. The van der Waals surface area contributed by atoms with Gasteiger partial charge in [-0.05, 0) is 18.2 Å². The van der Waals surface area contributed by atoms with Crippen LogP contribution in [0.4, 0.5) is 9.52 Å². The van der Waals surface area contributed by atoms with E-state index in [2.05, 4.69) is 24.8 Å². The molecule has 0 aliphatic heterocycles. The number of rotatable bonds is 5. The summed E-state index contributed by atoms with van der Waals surface area (Å²) in [4.78, 5) is 21.4. The second-order valence-electron chi connectivity index (χ2n) is 6.54. The number of pyridine rings is 1.